The van der Waals surface area contributed by atoms with Crippen molar-refractivity contribution in [2.45, 2.75) is 45.3 Å². The first-order chi connectivity index (χ1) is 10.3. The van der Waals surface area contributed by atoms with Crippen molar-refractivity contribution >= 4 is 24.7 Å². The van der Waals surface area contributed by atoms with Crippen LogP contribution in [-0.2, 0) is 0 Å². The number of hydrogen-bond acceptors (Lipinski definition) is 1. The van der Waals surface area contributed by atoms with E-state index in [0.29, 0.717) is 0 Å². The normalized spacial score (nSPS) is 13.0. The van der Waals surface area contributed by atoms with E-state index in [4.69, 9.17) is 4.99 Å². The summed E-state index contributed by atoms with van der Waals surface area (Å²) >= 11 is 0. The molecule has 0 saturated carbocycles. The maximum atomic E-state index is 4.79. The van der Waals surface area contributed by atoms with Gasteiger partial charge in [0.05, 0.1) is 5.54 Å². The standard InChI is InChI=1S/C20H26NP/c1-19(2,3)21-16-20(4,5)22(17-12-8-6-9-13-17)18-14-10-7-11-15-18/h6-16H,1-5H3. The van der Waals surface area contributed by atoms with E-state index in [1.54, 1.807) is 0 Å². The van der Waals surface area contributed by atoms with Gasteiger partial charge >= 0.3 is 0 Å². The number of aliphatic imine (C=N–C) groups is 1. The molecule has 0 heterocycles. The molecule has 0 aromatic heterocycles. The molecule has 116 valence electrons. The Bertz CT molecular complexity index is 570. The summed E-state index contributed by atoms with van der Waals surface area (Å²) in [7, 11) is -0.496. The summed E-state index contributed by atoms with van der Waals surface area (Å²) in [5, 5.41) is 2.80. The lowest BCUT2D eigenvalue weighted by Gasteiger charge is -2.33. The van der Waals surface area contributed by atoms with Gasteiger partial charge < -0.3 is 0 Å². The van der Waals surface area contributed by atoms with Crippen LogP contribution < -0.4 is 10.6 Å². The van der Waals surface area contributed by atoms with E-state index < -0.39 is 7.92 Å². The fraction of sp³-hybridized carbons (Fsp3) is 0.350. The third-order valence-corrected chi connectivity index (χ3v) is 6.27. The molecule has 0 N–H and O–H groups in total. The molecule has 0 aliphatic rings. The summed E-state index contributed by atoms with van der Waals surface area (Å²) in [6.45, 7) is 11.0. The second-order valence-corrected chi connectivity index (χ2v) is 9.95. The molecule has 2 rings (SSSR count). The van der Waals surface area contributed by atoms with E-state index in [0.717, 1.165) is 0 Å². The van der Waals surface area contributed by atoms with E-state index in [-0.39, 0.29) is 10.7 Å². The van der Waals surface area contributed by atoms with Gasteiger partial charge in [0, 0.05) is 11.4 Å². The first-order valence-electron chi connectivity index (χ1n) is 7.76. The minimum absolute atomic E-state index is 0.00528. The molecule has 0 radical (unpaired) electrons. The molecule has 2 heteroatoms. The highest BCUT2D eigenvalue weighted by Crippen LogP contribution is 2.46. The van der Waals surface area contributed by atoms with Crippen LogP contribution in [0.25, 0.3) is 0 Å². The average Bonchev–Trinajstić information content (AvgIpc) is 2.47. The minimum atomic E-state index is -0.496. The minimum Gasteiger partial charge on any atom is -0.291 e. The van der Waals surface area contributed by atoms with Crippen molar-refractivity contribution in [3.63, 3.8) is 0 Å². The van der Waals surface area contributed by atoms with Crippen LogP contribution in [0.1, 0.15) is 34.6 Å². The van der Waals surface area contributed by atoms with Crippen LogP contribution in [0.4, 0.5) is 0 Å². The third-order valence-electron chi connectivity index (χ3n) is 3.37. The van der Waals surface area contributed by atoms with Gasteiger partial charge in [-0.2, -0.15) is 0 Å². The molecule has 0 bridgehead atoms. The van der Waals surface area contributed by atoms with E-state index >= 15 is 0 Å². The van der Waals surface area contributed by atoms with Crippen molar-refractivity contribution in [2.75, 3.05) is 0 Å². The van der Waals surface area contributed by atoms with Crippen LogP contribution in [0.5, 0.6) is 0 Å². The fourth-order valence-corrected chi connectivity index (χ4v) is 5.12. The fourth-order valence-electron chi connectivity index (χ4n) is 2.38. The molecule has 1 nitrogen and oxygen atoms in total. The van der Waals surface area contributed by atoms with Gasteiger partial charge in [0.2, 0.25) is 0 Å². The maximum Gasteiger partial charge on any atom is 0.0520 e. The molecular formula is C20H26NP. The Hall–Kier alpha value is -1.46. The Morgan fingerprint density at radius 2 is 1.14 bits per heavy atom. The molecule has 0 saturated heterocycles. The number of hydrogen-bond donors (Lipinski definition) is 0. The van der Waals surface area contributed by atoms with Gasteiger partial charge in [0.25, 0.3) is 0 Å². The highest BCUT2D eigenvalue weighted by molar-refractivity contribution is 7.75. The van der Waals surface area contributed by atoms with E-state index in [2.05, 4.69) is 101 Å². The molecular weight excluding hydrogens is 285 g/mol. The SMILES string of the molecule is CC(C)(C)N=CC(C)(C)P(c1ccccc1)c1ccccc1. The maximum absolute atomic E-state index is 4.79. The number of benzene rings is 2. The van der Waals surface area contributed by atoms with Gasteiger partial charge in [-0.3, -0.25) is 4.99 Å². The molecule has 0 aliphatic carbocycles. The molecule has 0 fully saturated rings. The lowest BCUT2D eigenvalue weighted by Crippen LogP contribution is -2.31. The lowest BCUT2D eigenvalue weighted by atomic mass is 10.1. The van der Waals surface area contributed by atoms with Crippen molar-refractivity contribution in [1.29, 1.82) is 0 Å². The zero-order valence-corrected chi connectivity index (χ0v) is 15.1. The molecule has 22 heavy (non-hydrogen) atoms. The number of nitrogens with zero attached hydrogens (tertiary/aromatic N) is 1. The van der Waals surface area contributed by atoms with Crippen LogP contribution in [0, 0.1) is 0 Å². The van der Waals surface area contributed by atoms with Crippen LogP contribution in [-0.4, -0.2) is 16.9 Å². The van der Waals surface area contributed by atoms with E-state index in [1.165, 1.54) is 10.6 Å². The summed E-state index contributed by atoms with van der Waals surface area (Å²) in [5.41, 5.74) is -0.0361. The Labute approximate surface area is 136 Å². The van der Waals surface area contributed by atoms with Crippen LogP contribution in [0.3, 0.4) is 0 Å². The van der Waals surface area contributed by atoms with Crippen molar-refractivity contribution in [3.05, 3.63) is 60.7 Å². The van der Waals surface area contributed by atoms with Crippen LogP contribution >= 0.6 is 7.92 Å². The molecule has 0 unspecified atom stereocenters. The molecule has 0 spiro atoms. The summed E-state index contributed by atoms with van der Waals surface area (Å²) in [4.78, 5) is 4.79. The Kier molecular flexibility index (Phi) is 5.19. The first kappa shape index (κ1) is 16.9. The summed E-state index contributed by atoms with van der Waals surface area (Å²) in [6.07, 6.45) is 2.17. The molecule has 0 amide bonds. The van der Waals surface area contributed by atoms with Gasteiger partial charge in [-0.15, -0.1) is 0 Å². The van der Waals surface area contributed by atoms with Gasteiger partial charge in [-0.05, 0) is 39.3 Å². The summed E-state index contributed by atoms with van der Waals surface area (Å²) in [5.74, 6) is 0. The van der Waals surface area contributed by atoms with Gasteiger partial charge in [-0.25, -0.2) is 0 Å². The smallest absolute Gasteiger partial charge is 0.0520 e. The first-order valence-corrected chi connectivity index (χ1v) is 9.10. The van der Waals surface area contributed by atoms with E-state index in [9.17, 15) is 0 Å². The molecule has 2 aromatic rings. The van der Waals surface area contributed by atoms with Crippen LogP contribution in [0.2, 0.25) is 0 Å². The van der Waals surface area contributed by atoms with Crippen molar-refractivity contribution in [2.24, 2.45) is 4.99 Å². The van der Waals surface area contributed by atoms with Crippen LogP contribution in [0.15, 0.2) is 65.7 Å². The van der Waals surface area contributed by atoms with Crippen molar-refractivity contribution in [3.8, 4) is 0 Å². The van der Waals surface area contributed by atoms with Gasteiger partial charge in [0.15, 0.2) is 0 Å². The van der Waals surface area contributed by atoms with Gasteiger partial charge in [0.1, 0.15) is 0 Å². The largest absolute Gasteiger partial charge is 0.291 e. The Morgan fingerprint density at radius 3 is 1.50 bits per heavy atom. The second-order valence-electron chi connectivity index (χ2n) is 7.09. The van der Waals surface area contributed by atoms with E-state index in [1.807, 2.05) is 0 Å². The zero-order chi connectivity index (χ0) is 16.2. The summed E-state index contributed by atoms with van der Waals surface area (Å²) < 4.78 is 0. The second kappa shape index (κ2) is 6.75. The summed E-state index contributed by atoms with van der Waals surface area (Å²) in [6, 6.07) is 21.6. The predicted molar refractivity (Wildman–Crippen MR) is 101 cm³/mol. The number of rotatable bonds is 4. The molecule has 0 aliphatic heterocycles. The lowest BCUT2D eigenvalue weighted by molar-refractivity contribution is 0.583. The molecule has 2 aromatic carbocycles. The predicted octanol–water partition coefficient (Wildman–Crippen LogP) is 4.77. The van der Waals surface area contributed by atoms with Crippen molar-refractivity contribution < 1.29 is 0 Å². The monoisotopic (exact) mass is 311 g/mol. The Balaban J connectivity index is 2.47. The van der Waals surface area contributed by atoms with Gasteiger partial charge in [-0.1, -0.05) is 74.5 Å². The zero-order valence-electron chi connectivity index (χ0n) is 14.2. The Morgan fingerprint density at radius 1 is 0.727 bits per heavy atom. The van der Waals surface area contributed by atoms with Crippen molar-refractivity contribution in [1.82, 2.24) is 0 Å². The topological polar surface area (TPSA) is 12.4 Å². The highest BCUT2D eigenvalue weighted by Gasteiger charge is 2.30. The molecule has 0 atom stereocenters. The third kappa shape index (κ3) is 4.52. The highest BCUT2D eigenvalue weighted by atomic mass is 31.1. The quantitative estimate of drug-likeness (QED) is 0.570. The average molecular weight is 311 g/mol.